The molecule has 0 fully saturated rings. The van der Waals surface area contributed by atoms with Gasteiger partial charge in [-0.2, -0.15) is 5.10 Å². The smallest absolute Gasteiger partial charge is 0.0660 e. The normalized spacial score (nSPS) is 12.6. The van der Waals surface area contributed by atoms with E-state index in [4.69, 9.17) is 11.6 Å². The summed E-state index contributed by atoms with van der Waals surface area (Å²) in [6.45, 7) is 5.28. The Morgan fingerprint density at radius 2 is 2.28 bits per heavy atom. The Morgan fingerprint density at radius 3 is 2.89 bits per heavy atom. The van der Waals surface area contributed by atoms with Gasteiger partial charge in [0, 0.05) is 23.5 Å². The Morgan fingerprint density at radius 1 is 1.44 bits per heavy atom. The second-order valence-electron chi connectivity index (χ2n) is 4.33. The molecule has 0 saturated heterocycles. The van der Waals surface area contributed by atoms with Crippen molar-refractivity contribution in [3.63, 3.8) is 0 Å². The second-order valence-corrected chi connectivity index (χ2v) is 4.74. The van der Waals surface area contributed by atoms with Crippen molar-refractivity contribution >= 4 is 11.6 Å². The van der Waals surface area contributed by atoms with Crippen LogP contribution in [0.1, 0.15) is 31.9 Å². The summed E-state index contributed by atoms with van der Waals surface area (Å²) in [5, 5.41) is 8.41. The van der Waals surface area contributed by atoms with Crippen LogP contribution in [0.5, 0.6) is 0 Å². The molecule has 1 N–H and O–H groups in total. The number of halogens is 1. The Hall–Kier alpha value is -1.32. The van der Waals surface area contributed by atoms with Crippen molar-refractivity contribution in [2.75, 3.05) is 6.54 Å². The van der Waals surface area contributed by atoms with E-state index >= 15 is 0 Å². The van der Waals surface area contributed by atoms with Crippen LogP contribution in [0.25, 0.3) is 5.69 Å². The minimum absolute atomic E-state index is 0.268. The quantitative estimate of drug-likeness (QED) is 0.894. The van der Waals surface area contributed by atoms with Crippen molar-refractivity contribution in [3.8, 4) is 5.69 Å². The fourth-order valence-electron chi connectivity index (χ4n) is 1.90. The standard InChI is InChI=1S/C14H18ClN3/c1-3-7-16-11(2)13-6-5-12(10-14(13)15)18-9-4-8-17-18/h4-6,8-11,16H,3,7H2,1-2H3. The maximum Gasteiger partial charge on any atom is 0.0660 e. The molecule has 0 aliphatic rings. The van der Waals surface area contributed by atoms with E-state index in [0.29, 0.717) is 0 Å². The van der Waals surface area contributed by atoms with Crippen molar-refractivity contribution in [2.24, 2.45) is 0 Å². The molecule has 0 radical (unpaired) electrons. The predicted molar refractivity (Wildman–Crippen MR) is 75.3 cm³/mol. The van der Waals surface area contributed by atoms with Gasteiger partial charge in [-0.15, -0.1) is 0 Å². The Kier molecular flexibility index (Phi) is 4.39. The average molecular weight is 264 g/mol. The molecular weight excluding hydrogens is 246 g/mol. The van der Waals surface area contributed by atoms with Gasteiger partial charge >= 0.3 is 0 Å². The second kappa shape index (κ2) is 6.03. The maximum absolute atomic E-state index is 6.34. The van der Waals surface area contributed by atoms with Crippen molar-refractivity contribution in [2.45, 2.75) is 26.3 Å². The van der Waals surface area contributed by atoms with Gasteiger partial charge in [0.15, 0.2) is 0 Å². The molecule has 0 bridgehead atoms. The first-order valence-electron chi connectivity index (χ1n) is 6.25. The van der Waals surface area contributed by atoms with Crippen LogP contribution in [0.2, 0.25) is 5.02 Å². The van der Waals surface area contributed by atoms with Gasteiger partial charge in [0.2, 0.25) is 0 Å². The monoisotopic (exact) mass is 263 g/mol. The van der Waals surface area contributed by atoms with Crippen LogP contribution < -0.4 is 5.32 Å². The number of nitrogens with zero attached hydrogens (tertiary/aromatic N) is 2. The number of hydrogen-bond acceptors (Lipinski definition) is 2. The van der Waals surface area contributed by atoms with Gasteiger partial charge in [-0.1, -0.05) is 24.6 Å². The molecule has 2 aromatic rings. The van der Waals surface area contributed by atoms with Crippen molar-refractivity contribution in [3.05, 3.63) is 47.2 Å². The zero-order valence-electron chi connectivity index (χ0n) is 10.7. The van der Waals surface area contributed by atoms with Crippen LogP contribution in [0, 0.1) is 0 Å². The molecule has 1 atom stereocenters. The summed E-state index contributed by atoms with van der Waals surface area (Å²) in [5.41, 5.74) is 2.11. The highest BCUT2D eigenvalue weighted by molar-refractivity contribution is 6.31. The summed E-state index contributed by atoms with van der Waals surface area (Å²) in [4.78, 5) is 0. The highest BCUT2D eigenvalue weighted by atomic mass is 35.5. The molecule has 1 aromatic heterocycles. The highest BCUT2D eigenvalue weighted by Gasteiger charge is 2.09. The van der Waals surface area contributed by atoms with Crippen molar-refractivity contribution in [1.82, 2.24) is 15.1 Å². The zero-order valence-corrected chi connectivity index (χ0v) is 11.5. The van der Waals surface area contributed by atoms with E-state index < -0.39 is 0 Å². The van der Waals surface area contributed by atoms with Crippen LogP contribution >= 0.6 is 11.6 Å². The molecule has 1 aromatic carbocycles. The largest absolute Gasteiger partial charge is 0.310 e. The first kappa shape index (κ1) is 13.1. The molecule has 0 spiro atoms. The van der Waals surface area contributed by atoms with E-state index in [-0.39, 0.29) is 6.04 Å². The van der Waals surface area contributed by atoms with Gasteiger partial charge in [0.25, 0.3) is 0 Å². The molecule has 0 aliphatic heterocycles. The fourth-order valence-corrected chi connectivity index (χ4v) is 2.24. The van der Waals surface area contributed by atoms with Gasteiger partial charge in [-0.3, -0.25) is 0 Å². The van der Waals surface area contributed by atoms with Gasteiger partial charge in [-0.25, -0.2) is 4.68 Å². The molecule has 4 heteroatoms. The molecule has 96 valence electrons. The third-order valence-corrected chi connectivity index (χ3v) is 3.25. The van der Waals surface area contributed by atoms with E-state index in [1.54, 1.807) is 10.9 Å². The minimum atomic E-state index is 0.268. The predicted octanol–water partition coefficient (Wildman–Crippen LogP) is 3.59. The SMILES string of the molecule is CCCNC(C)c1ccc(-n2cccn2)cc1Cl. The summed E-state index contributed by atoms with van der Waals surface area (Å²) in [6.07, 6.45) is 4.78. The summed E-state index contributed by atoms with van der Waals surface area (Å²) in [5.74, 6) is 0. The van der Waals surface area contributed by atoms with E-state index in [1.165, 1.54) is 0 Å². The van der Waals surface area contributed by atoms with Crippen LogP contribution in [0.15, 0.2) is 36.7 Å². The number of nitrogens with one attached hydrogen (secondary N) is 1. The van der Waals surface area contributed by atoms with Gasteiger partial charge in [0.1, 0.15) is 0 Å². The minimum Gasteiger partial charge on any atom is -0.310 e. The molecule has 2 rings (SSSR count). The molecule has 1 unspecified atom stereocenters. The third-order valence-electron chi connectivity index (χ3n) is 2.92. The summed E-state index contributed by atoms with van der Waals surface area (Å²) < 4.78 is 1.81. The molecule has 0 aliphatic carbocycles. The van der Waals surface area contributed by atoms with Crippen molar-refractivity contribution < 1.29 is 0 Å². The topological polar surface area (TPSA) is 29.9 Å². The molecule has 0 amide bonds. The molecule has 0 saturated carbocycles. The van der Waals surface area contributed by atoms with Gasteiger partial charge in [-0.05, 0) is 43.7 Å². The lowest BCUT2D eigenvalue weighted by Gasteiger charge is -2.16. The Balaban J connectivity index is 2.20. The van der Waals surface area contributed by atoms with E-state index in [2.05, 4.69) is 30.3 Å². The Bertz CT molecular complexity index is 494. The fraction of sp³-hybridized carbons (Fsp3) is 0.357. The van der Waals surface area contributed by atoms with Gasteiger partial charge < -0.3 is 5.32 Å². The molecule has 3 nitrogen and oxygen atoms in total. The number of rotatable bonds is 5. The highest BCUT2D eigenvalue weighted by Crippen LogP contribution is 2.25. The first-order valence-corrected chi connectivity index (χ1v) is 6.63. The van der Waals surface area contributed by atoms with E-state index in [1.807, 2.05) is 24.4 Å². The summed E-state index contributed by atoms with van der Waals surface area (Å²) >= 11 is 6.34. The lowest BCUT2D eigenvalue weighted by atomic mass is 10.1. The average Bonchev–Trinajstić information content (AvgIpc) is 2.89. The van der Waals surface area contributed by atoms with Gasteiger partial charge in [0.05, 0.1) is 5.69 Å². The lowest BCUT2D eigenvalue weighted by molar-refractivity contribution is 0.571. The summed E-state index contributed by atoms with van der Waals surface area (Å²) in [7, 11) is 0. The molecule has 1 heterocycles. The van der Waals surface area contributed by atoms with E-state index in [9.17, 15) is 0 Å². The molecule has 18 heavy (non-hydrogen) atoms. The summed E-state index contributed by atoms with van der Waals surface area (Å²) in [6, 6.07) is 8.22. The van der Waals surface area contributed by atoms with Crippen molar-refractivity contribution in [1.29, 1.82) is 0 Å². The Labute approximate surface area is 113 Å². The lowest BCUT2D eigenvalue weighted by Crippen LogP contribution is -2.19. The maximum atomic E-state index is 6.34. The van der Waals surface area contributed by atoms with Crippen LogP contribution in [0.3, 0.4) is 0 Å². The number of hydrogen-bond donors (Lipinski definition) is 1. The van der Waals surface area contributed by atoms with Crippen LogP contribution in [-0.2, 0) is 0 Å². The molecular formula is C14H18ClN3. The third kappa shape index (κ3) is 2.92. The first-order chi connectivity index (χ1) is 8.72. The number of benzene rings is 1. The zero-order chi connectivity index (χ0) is 13.0. The van der Waals surface area contributed by atoms with Crippen LogP contribution in [0.4, 0.5) is 0 Å². The van der Waals surface area contributed by atoms with E-state index in [0.717, 1.165) is 29.2 Å². The van der Waals surface area contributed by atoms with Crippen LogP contribution in [-0.4, -0.2) is 16.3 Å². The number of aromatic nitrogens is 2.